The predicted molar refractivity (Wildman–Crippen MR) is 69.0 cm³/mol. The summed E-state index contributed by atoms with van der Waals surface area (Å²) in [6.07, 6.45) is 1.55. The van der Waals surface area contributed by atoms with Gasteiger partial charge in [-0.3, -0.25) is 4.79 Å². The molecule has 1 fully saturated rings. The molecule has 1 amide bonds. The van der Waals surface area contributed by atoms with Crippen LogP contribution in [0.2, 0.25) is 0 Å². The van der Waals surface area contributed by atoms with Gasteiger partial charge in [0.1, 0.15) is 5.75 Å². The van der Waals surface area contributed by atoms with E-state index >= 15 is 0 Å². The van der Waals surface area contributed by atoms with Gasteiger partial charge in [0.25, 0.3) is 0 Å². The fourth-order valence-electron chi connectivity index (χ4n) is 2.26. The smallest absolute Gasteiger partial charge is 0.387 e. The van der Waals surface area contributed by atoms with E-state index in [2.05, 4.69) is 4.74 Å². The second kappa shape index (κ2) is 6.07. The van der Waals surface area contributed by atoms with Gasteiger partial charge in [0, 0.05) is 13.0 Å². The average molecular weight is 299 g/mol. The Balaban J connectivity index is 2.25. The highest BCUT2D eigenvalue weighted by Crippen LogP contribution is 2.35. The van der Waals surface area contributed by atoms with Gasteiger partial charge < -0.3 is 14.7 Å². The van der Waals surface area contributed by atoms with Crippen LogP contribution in [-0.4, -0.2) is 34.5 Å². The monoisotopic (exact) mass is 299 g/mol. The highest BCUT2D eigenvalue weighted by molar-refractivity contribution is 5.84. The van der Waals surface area contributed by atoms with E-state index in [1.54, 1.807) is 0 Å². The van der Waals surface area contributed by atoms with Crippen molar-refractivity contribution in [1.29, 1.82) is 0 Å². The fourth-order valence-corrected chi connectivity index (χ4v) is 2.26. The first-order chi connectivity index (χ1) is 9.90. The molecule has 2 rings (SSSR count). The van der Waals surface area contributed by atoms with E-state index in [-0.39, 0.29) is 17.7 Å². The molecular formula is C14H15F2NO4. The summed E-state index contributed by atoms with van der Waals surface area (Å²) in [6, 6.07) is 4.12. The summed E-state index contributed by atoms with van der Waals surface area (Å²) >= 11 is 0. The van der Waals surface area contributed by atoms with Crippen molar-refractivity contribution in [1.82, 2.24) is 4.90 Å². The van der Waals surface area contributed by atoms with Crippen LogP contribution in [0.5, 0.6) is 5.75 Å². The molecule has 1 saturated carbocycles. The highest BCUT2D eigenvalue weighted by atomic mass is 19.3. The summed E-state index contributed by atoms with van der Waals surface area (Å²) in [4.78, 5) is 24.5. The van der Waals surface area contributed by atoms with Crippen molar-refractivity contribution < 1.29 is 28.2 Å². The number of rotatable bonds is 6. The van der Waals surface area contributed by atoms with Crippen LogP contribution < -0.4 is 4.74 Å². The topological polar surface area (TPSA) is 66.8 Å². The van der Waals surface area contributed by atoms with Gasteiger partial charge in [0.15, 0.2) is 6.04 Å². The number of halogens is 2. The van der Waals surface area contributed by atoms with Crippen LogP contribution in [0.3, 0.4) is 0 Å². The van der Waals surface area contributed by atoms with Crippen LogP contribution in [0.4, 0.5) is 8.78 Å². The molecule has 0 heterocycles. The molecule has 0 bridgehead atoms. The number of alkyl halides is 2. The maximum absolute atomic E-state index is 12.1. The third kappa shape index (κ3) is 3.68. The standard InChI is InChI=1S/C14H15F2NO4/c1-8(18)17(10-4-5-10)12(13(19)20)9-2-6-11(7-3-9)21-14(15)16/h2-3,6-7,10,12,14H,4-5H2,1H3,(H,19,20). The van der Waals surface area contributed by atoms with Gasteiger partial charge in [-0.1, -0.05) is 12.1 Å². The van der Waals surface area contributed by atoms with Gasteiger partial charge in [-0.05, 0) is 30.5 Å². The number of carbonyl (C=O) groups excluding carboxylic acids is 1. The number of benzene rings is 1. The molecule has 1 aromatic carbocycles. The Kier molecular flexibility index (Phi) is 4.40. The molecule has 1 unspecified atom stereocenters. The lowest BCUT2D eigenvalue weighted by Gasteiger charge is -2.28. The minimum atomic E-state index is -2.94. The van der Waals surface area contributed by atoms with E-state index < -0.39 is 18.6 Å². The quantitative estimate of drug-likeness (QED) is 0.876. The number of hydrogen-bond donors (Lipinski definition) is 1. The van der Waals surface area contributed by atoms with Crippen LogP contribution in [0.1, 0.15) is 31.4 Å². The van der Waals surface area contributed by atoms with Gasteiger partial charge >= 0.3 is 12.6 Å². The zero-order chi connectivity index (χ0) is 15.6. The molecule has 0 aliphatic heterocycles. The summed E-state index contributed by atoms with van der Waals surface area (Å²) < 4.78 is 28.4. The van der Waals surface area contributed by atoms with E-state index in [0.29, 0.717) is 5.56 Å². The first-order valence-electron chi connectivity index (χ1n) is 6.46. The highest BCUT2D eigenvalue weighted by Gasteiger charge is 2.39. The molecule has 1 aliphatic rings. The molecule has 1 aliphatic carbocycles. The number of ether oxygens (including phenoxy) is 1. The Morgan fingerprint density at radius 1 is 1.29 bits per heavy atom. The molecule has 5 nitrogen and oxygen atoms in total. The van der Waals surface area contributed by atoms with Gasteiger partial charge in [-0.15, -0.1) is 0 Å². The normalized spacial score (nSPS) is 15.6. The molecule has 0 spiro atoms. The number of amides is 1. The molecule has 1 aromatic rings. The number of carboxylic acids is 1. The van der Waals surface area contributed by atoms with Gasteiger partial charge in [0.05, 0.1) is 0 Å². The van der Waals surface area contributed by atoms with Crippen LogP contribution in [0, 0.1) is 0 Å². The van der Waals surface area contributed by atoms with Crippen LogP contribution >= 0.6 is 0 Å². The van der Waals surface area contributed by atoms with E-state index in [4.69, 9.17) is 0 Å². The Morgan fingerprint density at radius 2 is 1.86 bits per heavy atom. The van der Waals surface area contributed by atoms with Crippen LogP contribution in [0.25, 0.3) is 0 Å². The lowest BCUT2D eigenvalue weighted by Crippen LogP contribution is -2.39. The average Bonchev–Trinajstić information content (AvgIpc) is 3.19. The van der Waals surface area contributed by atoms with Crippen molar-refractivity contribution in [2.75, 3.05) is 0 Å². The third-order valence-corrected chi connectivity index (χ3v) is 3.24. The summed E-state index contributed by atoms with van der Waals surface area (Å²) in [7, 11) is 0. The van der Waals surface area contributed by atoms with E-state index in [0.717, 1.165) is 12.8 Å². The second-order valence-electron chi connectivity index (χ2n) is 4.85. The molecule has 7 heteroatoms. The summed E-state index contributed by atoms with van der Waals surface area (Å²) in [5, 5.41) is 9.39. The first-order valence-corrected chi connectivity index (χ1v) is 6.46. The number of hydrogen-bond acceptors (Lipinski definition) is 3. The van der Waals surface area contributed by atoms with E-state index in [9.17, 15) is 23.5 Å². The van der Waals surface area contributed by atoms with Crippen molar-refractivity contribution in [2.45, 2.75) is 38.5 Å². The van der Waals surface area contributed by atoms with E-state index in [1.165, 1.54) is 36.1 Å². The zero-order valence-corrected chi connectivity index (χ0v) is 11.3. The minimum Gasteiger partial charge on any atom is -0.479 e. The number of aliphatic carboxylic acids is 1. The third-order valence-electron chi connectivity index (χ3n) is 3.24. The molecule has 21 heavy (non-hydrogen) atoms. The van der Waals surface area contributed by atoms with Crippen molar-refractivity contribution in [3.8, 4) is 5.75 Å². The number of carbonyl (C=O) groups is 2. The Bertz CT molecular complexity index is 528. The Morgan fingerprint density at radius 3 is 2.24 bits per heavy atom. The summed E-state index contributed by atoms with van der Waals surface area (Å²) in [5.41, 5.74) is 0.353. The van der Waals surface area contributed by atoms with Crippen molar-refractivity contribution in [3.05, 3.63) is 29.8 Å². The maximum atomic E-state index is 12.1. The van der Waals surface area contributed by atoms with Gasteiger partial charge in [-0.25, -0.2) is 4.79 Å². The summed E-state index contributed by atoms with van der Waals surface area (Å²) in [6.45, 7) is -1.62. The molecule has 0 aromatic heterocycles. The Labute approximate surface area is 120 Å². The molecule has 0 saturated heterocycles. The molecule has 1 atom stereocenters. The van der Waals surface area contributed by atoms with Gasteiger partial charge in [0.2, 0.25) is 5.91 Å². The summed E-state index contributed by atoms with van der Waals surface area (Å²) in [5.74, 6) is -1.53. The lowest BCUT2D eigenvalue weighted by atomic mass is 10.0. The largest absolute Gasteiger partial charge is 0.479 e. The Hall–Kier alpha value is -2.18. The first kappa shape index (κ1) is 15.2. The van der Waals surface area contributed by atoms with Crippen LogP contribution in [-0.2, 0) is 9.59 Å². The molecule has 0 radical (unpaired) electrons. The van der Waals surface area contributed by atoms with E-state index in [1.807, 2.05) is 0 Å². The molecular weight excluding hydrogens is 284 g/mol. The molecule has 1 N–H and O–H groups in total. The second-order valence-corrected chi connectivity index (χ2v) is 4.85. The van der Waals surface area contributed by atoms with Crippen molar-refractivity contribution in [3.63, 3.8) is 0 Å². The van der Waals surface area contributed by atoms with Crippen molar-refractivity contribution in [2.24, 2.45) is 0 Å². The van der Waals surface area contributed by atoms with Crippen LogP contribution in [0.15, 0.2) is 24.3 Å². The van der Waals surface area contributed by atoms with Gasteiger partial charge in [-0.2, -0.15) is 8.78 Å². The SMILES string of the molecule is CC(=O)N(C1CC1)C(C(=O)O)c1ccc(OC(F)F)cc1. The maximum Gasteiger partial charge on any atom is 0.387 e. The fraction of sp³-hybridized carbons (Fsp3) is 0.429. The zero-order valence-electron chi connectivity index (χ0n) is 11.3. The lowest BCUT2D eigenvalue weighted by molar-refractivity contribution is -0.150. The molecule has 114 valence electrons. The minimum absolute atomic E-state index is 0.0568. The number of carboxylic acid groups (broad SMARTS) is 1. The number of nitrogens with zero attached hydrogens (tertiary/aromatic N) is 1. The van der Waals surface area contributed by atoms with Crippen molar-refractivity contribution >= 4 is 11.9 Å². The predicted octanol–water partition coefficient (Wildman–Crippen LogP) is 2.42.